The highest BCUT2D eigenvalue weighted by atomic mass is 32.1. The summed E-state index contributed by atoms with van der Waals surface area (Å²) in [5.74, 6) is 0.688. The molecule has 0 spiro atoms. The fourth-order valence-corrected chi connectivity index (χ4v) is 2.87. The van der Waals surface area contributed by atoms with Crippen LogP contribution in [0.25, 0.3) is 22.5 Å². The Kier molecular flexibility index (Phi) is 4.53. The van der Waals surface area contributed by atoms with Gasteiger partial charge in [0, 0.05) is 5.56 Å². The molecule has 4 nitrogen and oxygen atoms in total. The largest absolute Gasteiger partial charge is 0.250 e. The number of hydrogen-bond acceptors (Lipinski definition) is 3. The predicted molar refractivity (Wildman–Crippen MR) is 108 cm³/mol. The highest BCUT2D eigenvalue weighted by Crippen LogP contribution is 2.19. The van der Waals surface area contributed by atoms with E-state index in [0.717, 1.165) is 11.1 Å². The van der Waals surface area contributed by atoms with Crippen LogP contribution in [-0.2, 0) is 0 Å². The smallest absolute Gasteiger partial charge is 0.216 e. The van der Waals surface area contributed by atoms with Crippen molar-refractivity contribution in [3.63, 3.8) is 0 Å². The average Bonchev–Trinajstić information content (AvgIpc) is 3.08. The average molecular weight is 356 g/mol. The summed E-state index contributed by atoms with van der Waals surface area (Å²) in [6.45, 7) is 0. The van der Waals surface area contributed by atoms with Gasteiger partial charge in [0.1, 0.15) is 0 Å². The van der Waals surface area contributed by atoms with Gasteiger partial charge in [0.05, 0.1) is 6.21 Å². The molecule has 0 bridgehead atoms. The van der Waals surface area contributed by atoms with E-state index in [9.17, 15) is 0 Å². The maximum absolute atomic E-state index is 5.30. The molecule has 0 saturated carbocycles. The monoisotopic (exact) mass is 356 g/mol. The molecule has 0 unspecified atom stereocenters. The lowest BCUT2D eigenvalue weighted by Gasteiger charge is -2.02. The molecule has 0 amide bonds. The van der Waals surface area contributed by atoms with Crippen molar-refractivity contribution in [2.75, 3.05) is 0 Å². The van der Waals surface area contributed by atoms with E-state index in [1.807, 2.05) is 60.7 Å². The summed E-state index contributed by atoms with van der Waals surface area (Å²) in [4.78, 5) is 0. The number of aromatic amines is 1. The summed E-state index contributed by atoms with van der Waals surface area (Å²) >= 11 is 5.30. The summed E-state index contributed by atoms with van der Waals surface area (Å²) in [6, 6.07) is 28.4. The zero-order valence-corrected chi connectivity index (χ0v) is 14.7. The van der Waals surface area contributed by atoms with E-state index in [1.165, 1.54) is 11.1 Å². The van der Waals surface area contributed by atoms with E-state index in [4.69, 9.17) is 12.2 Å². The molecule has 1 aromatic heterocycles. The Morgan fingerprint density at radius 3 is 2.00 bits per heavy atom. The van der Waals surface area contributed by atoms with Crippen molar-refractivity contribution in [2.24, 2.45) is 5.10 Å². The Bertz CT molecular complexity index is 1080. The Hall–Kier alpha value is -3.31. The molecule has 126 valence electrons. The zero-order valence-electron chi connectivity index (χ0n) is 13.9. The number of rotatable bonds is 4. The van der Waals surface area contributed by atoms with Crippen LogP contribution < -0.4 is 0 Å². The number of nitrogens with zero attached hydrogens (tertiary/aromatic N) is 3. The minimum absolute atomic E-state index is 0.459. The highest BCUT2D eigenvalue weighted by molar-refractivity contribution is 7.71. The lowest BCUT2D eigenvalue weighted by atomic mass is 10.0. The second-order valence-corrected chi connectivity index (χ2v) is 6.15. The van der Waals surface area contributed by atoms with Crippen LogP contribution in [0.2, 0.25) is 0 Å². The number of nitrogens with one attached hydrogen (secondary N) is 1. The second-order valence-electron chi connectivity index (χ2n) is 5.76. The molecule has 4 aromatic rings. The third-order valence-electron chi connectivity index (χ3n) is 4.02. The number of H-pyrrole nitrogens is 1. The van der Waals surface area contributed by atoms with Gasteiger partial charge in [-0.15, -0.1) is 0 Å². The molecule has 0 aliphatic heterocycles. The second kappa shape index (κ2) is 7.29. The summed E-state index contributed by atoms with van der Waals surface area (Å²) in [5.41, 5.74) is 4.32. The Labute approximate surface area is 156 Å². The molecule has 26 heavy (non-hydrogen) atoms. The molecule has 3 aromatic carbocycles. The summed E-state index contributed by atoms with van der Waals surface area (Å²) in [5, 5.41) is 11.6. The lowest BCUT2D eigenvalue weighted by molar-refractivity contribution is 0.871. The Balaban J connectivity index is 1.61. The van der Waals surface area contributed by atoms with Gasteiger partial charge in [-0.1, -0.05) is 84.9 Å². The minimum atomic E-state index is 0.459. The summed E-state index contributed by atoms with van der Waals surface area (Å²) in [6.07, 6.45) is 1.78. The third-order valence-corrected chi connectivity index (χ3v) is 4.29. The normalized spacial score (nSPS) is 11.1. The summed E-state index contributed by atoms with van der Waals surface area (Å²) in [7, 11) is 0. The van der Waals surface area contributed by atoms with Crippen LogP contribution in [-0.4, -0.2) is 21.1 Å². The number of benzene rings is 3. The van der Waals surface area contributed by atoms with E-state index in [0.29, 0.717) is 10.6 Å². The van der Waals surface area contributed by atoms with Gasteiger partial charge in [-0.05, 0) is 28.9 Å². The molecule has 0 radical (unpaired) electrons. The highest BCUT2D eigenvalue weighted by Gasteiger charge is 2.07. The molecule has 0 saturated heterocycles. The van der Waals surface area contributed by atoms with Crippen molar-refractivity contribution < 1.29 is 0 Å². The SMILES string of the molecule is S=c1[nH]nc(-c2ccccc2)n1/N=C\c1ccc(-c2ccccc2)cc1. The molecule has 0 fully saturated rings. The molecular formula is C21H16N4S. The fraction of sp³-hybridized carbons (Fsp3) is 0. The minimum Gasteiger partial charge on any atom is -0.250 e. The van der Waals surface area contributed by atoms with Crippen LogP contribution >= 0.6 is 12.2 Å². The first-order valence-corrected chi connectivity index (χ1v) is 8.65. The van der Waals surface area contributed by atoms with Gasteiger partial charge in [0.2, 0.25) is 4.77 Å². The number of aromatic nitrogens is 3. The molecule has 0 atom stereocenters. The number of hydrogen-bond donors (Lipinski definition) is 1. The van der Waals surface area contributed by atoms with Crippen LogP contribution in [0.5, 0.6) is 0 Å². The Morgan fingerprint density at radius 1 is 0.769 bits per heavy atom. The van der Waals surface area contributed by atoms with Crippen LogP contribution in [0.15, 0.2) is 90.0 Å². The zero-order chi connectivity index (χ0) is 17.8. The van der Waals surface area contributed by atoms with Crippen molar-refractivity contribution in [3.8, 4) is 22.5 Å². The van der Waals surface area contributed by atoms with E-state index < -0.39 is 0 Å². The van der Waals surface area contributed by atoms with Gasteiger partial charge in [0.25, 0.3) is 0 Å². The Morgan fingerprint density at radius 2 is 1.35 bits per heavy atom. The molecular weight excluding hydrogens is 340 g/mol. The first-order valence-electron chi connectivity index (χ1n) is 8.24. The van der Waals surface area contributed by atoms with Gasteiger partial charge in [-0.2, -0.15) is 14.9 Å². The van der Waals surface area contributed by atoms with Gasteiger partial charge in [-0.25, -0.2) is 5.10 Å². The van der Waals surface area contributed by atoms with Crippen LogP contribution in [0, 0.1) is 4.77 Å². The van der Waals surface area contributed by atoms with Gasteiger partial charge in [0.15, 0.2) is 5.82 Å². The van der Waals surface area contributed by atoms with Crippen LogP contribution in [0.4, 0.5) is 0 Å². The molecule has 0 aliphatic rings. The van der Waals surface area contributed by atoms with Crippen LogP contribution in [0.3, 0.4) is 0 Å². The molecule has 4 rings (SSSR count). The first-order chi connectivity index (χ1) is 12.8. The van der Waals surface area contributed by atoms with Gasteiger partial charge in [-0.3, -0.25) is 0 Å². The van der Waals surface area contributed by atoms with Crippen molar-refractivity contribution in [1.82, 2.24) is 14.9 Å². The maximum Gasteiger partial charge on any atom is 0.216 e. The predicted octanol–water partition coefficient (Wildman–Crippen LogP) is 5.16. The standard InChI is InChI=1S/C21H16N4S/c26-21-24-23-20(19-9-5-2-6-10-19)25(21)22-15-16-11-13-18(14-12-16)17-7-3-1-4-8-17/h1-15H,(H,24,26)/b22-15-. The quantitative estimate of drug-likeness (QED) is 0.406. The van der Waals surface area contributed by atoms with E-state index in [-0.39, 0.29) is 0 Å². The van der Waals surface area contributed by atoms with E-state index in [2.05, 4.69) is 39.6 Å². The van der Waals surface area contributed by atoms with Crippen molar-refractivity contribution in [1.29, 1.82) is 0 Å². The van der Waals surface area contributed by atoms with Gasteiger partial charge < -0.3 is 0 Å². The fourth-order valence-electron chi connectivity index (χ4n) is 2.69. The molecule has 5 heteroatoms. The topological polar surface area (TPSA) is 46.0 Å². The third kappa shape index (κ3) is 3.38. The van der Waals surface area contributed by atoms with Crippen LogP contribution in [0.1, 0.15) is 5.56 Å². The van der Waals surface area contributed by atoms with Gasteiger partial charge >= 0.3 is 0 Å². The first kappa shape index (κ1) is 16.2. The van der Waals surface area contributed by atoms with E-state index in [1.54, 1.807) is 10.9 Å². The van der Waals surface area contributed by atoms with Crippen molar-refractivity contribution >= 4 is 18.4 Å². The maximum atomic E-state index is 5.30. The molecule has 0 aliphatic carbocycles. The molecule has 1 heterocycles. The van der Waals surface area contributed by atoms with E-state index >= 15 is 0 Å². The molecule has 1 N–H and O–H groups in total. The summed E-state index contributed by atoms with van der Waals surface area (Å²) < 4.78 is 2.09. The van der Waals surface area contributed by atoms with Crippen molar-refractivity contribution in [3.05, 3.63) is 95.3 Å². The van der Waals surface area contributed by atoms with Crippen molar-refractivity contribution in [2.45, 2.75) is 0 Å². The lowest BCUT2D eigenvalue weighted by Crippen LogP contribution is -1.95.